The lowest BCUT2D eigenvalue weighted by molar-refractivity contribution is -0.115. The maximum atomic E-state index is 12.9. The van der Waals surface area contributed by atoms with Crippen LogP contribution in [-0.4, -0.2) is 20.7 Å². The molecule has 0 aliphatic rings. The van der Waals surface area contributed by atoms with Crippen LogP contribution in [0.15, 0.2) is 58.7 Å². The van der Waals surface area contributed by atoms with E-state index in [9.17, 15) is 9.59 Å². The van der Waals surface area contributed by atoms with Crippen molar-refractivity contribution in [3.63, 3.8) is 0 Å². The Bertz CT molecular complexity index is 1270. The smallest absolute Gasteiger partial charge is 0.277 e. The van der Waals surface area contributed by atoms with Gasteiger partial charge in [-0.25, -0.2) is 4.98 Å². The quantitative estimate of drug-likeness (QED) is 0.472. The number of hydrogen-bond acceptors (Lipinski definition) is 4. The van der Waals surface area contributed by atoms with Crippen LogP contribution in [0.5, 0.6) is 0 Å². The number of aryl methyl sites for hydroxylation is 2. The molecule has 0 aliphatic carbocycles. The summed E-state index contributed by atoms with van der Waals surface area (Å²) >= 11 is 7.29. The van der Waals surface area contributed by atoms with Gasteiger partial charge in [0.05, 0.1) is 12.1 Å². The highest BCUT2D eigenvalue weighted by molar-refractivity contribution is 7.12. The van der Waals surface area contributed by atoms with Crippen molar-refractivity contribution in [1.29, 1.82) is 0 Å². The second-order valence-corrected chi connectivity index (χ2v) is 8.19. The summed E-state index contributed by atoms with van der Waals surface area (Å²) in [4.78, 5) is 30.0. The van der Waals surface area contributed by atoms with Crippen molar-refractivity contribution in [2.24, 2.45) is 0 Å². The molecule has 0 saturated heterocycles. The Morgan fingerprint density at radius 2 is 1.90 bits per heavy atom. The number of amides is 1. The Balaban J connectivity index is 1.57. The summed E-state index contributed by atoms with van der Waals surface area (Å²) in [5.41, 5.74) is 4.16. The number of halogens is 1. The van der Waals surface area contributed by atoms with Crippen LogP contribution in [-0.2, 0) is 11.2 Å². The summed E-state index contributed by atoms with van der Waals surface area (Å²) in [5, 5.41) is 8.95. The fraction of sp³-hybridized carbons (Fsp3) is 0.136. The van der Waals surface area contributed by atoms with Crippen LogP contribution in [0, 0.1) is 13.8 Å². The molecule has 30 heavy (non-hydrogen) atoms. The molecule has 0 saturated carbocycles. The predicted molar refractivity (Wildman–Crippen MR) is 121 cm³/mol. The molecule has 4 rings (SSSR count). The molecule has 2 aromatic heterocycles. The molecule has 8 heteroatoms. The fourth-order valence-electron chi connectivity index (χ4n) is 3.11. The maximum absolute atomic E-state index is 12.9. The fourth-order valence-corrected chi connectivity index (χ4v) is 4.03. The number of carbonyl (C=O) groups is 1. The zero-order chi connectivity index (χ0) is 21.3. The number of carbonyl (C=O) groups excluding carboxylic acids is 1. The van der Waals surface area contributed by atoms with Gasteiger partial charge in [0.1, 0.15) is 0 Å². The third-order valence-corrected chi connectivity index (χ3v) is 5.85. The molecule has 0 fully saturated rings. The van der Waals surface area contributed by atoms with Gasteiger partial charge in [0.2, 0.25) is 11.0 Å². The van der Waals surface area contributed by atoms with Crippen molar-refractivity contribution in [1.82, 2.24) is 14.8 Å². The van der Waals surface area contributed by atoms with E-state index in [1.807, 2.05) is 48.7 Å². The standard InChI is InChI=1S/C22H19ClN4O2S/c1-13-5-3-4-6-18(13)24-20(28)11-17-14(2)26-27(21(17)29)22-25-19(12-30-22)15-7-9-16(23)10-8-15/h3-10,12,26H,11H2,1-2H3,(H,24,28). The largest absolute Gasteiger partial charge is 0.326 e. The van der Waals surface area contributed by atoms with E-state index in [0.717, 1.165) is 22.5 Å². The minimum Gasteiger partial charge on any atom is -0.326 e. The van der Waals surface area contributed by atoms with Crippen LogP contribution in [0.25, 0.3) is 16.4 Å². The van der Waals surface area contributed by atoms with Gasteiger partial charge in [-0.05, 0) is 37.6 Å². The molecule has 0 unspecified atom stereocenters. The minimum absolute atomic E-state index is 0.0160. The molecular formula is C22H19ClN4O2S. The first-order valence-corrected chi connectivity index (χ1v) is 10.6. The lowest BCUT2D eigenvalue weighted by Crippen LogP contribution is -2.22. The highest BCUT2D eigenvalue weighted by Gasteiger charge is 2.18. The molecule has 2 aromatic carbocycles. The van der Waals surface area contributed by atoms with E-state index in [0.29, 0.717) is 21.4 Å². The summed E-state index contributed by atoms with van der Waals surface area (Å²) in [6, 6.07) is 14.9. The van der Waals surface area contributed by atoms with Gasteiger partial charge in [-0.2, -0.15) is 4.68 Å². The third-order valence-electron chi connectivity index (χ3n) is 4.77. The summed E-state index contributed by atoms with van der Waals surface area (Å²) in [7, 11) is 0. The summed E-state index contributed by atoms with van der Waals surface area (Å²) in [6.45, 7) is 3.70. The van der Waals surface area contributed by atoms with Crippen molar-refractivity contribution in [3.8, 4) is 16.4 Å². The zero-order valence-electron chi connectivity index (χ0n) is 16.4. The molecule has 0 atom stereocenters. The van der Waals surface area contributed by atoms with Crippen LogP contribution in [0.2, 0.25) is 5.02 Å². The Morgan fingerprint density at radius 3 is 2.63 bits per heavy atom. The van der Waals surface area contributed by atoms with E-state index in [2.05, 4.69) is 15.4 Å². The second kappa shape index (κ2) is 8.30. The first-order valence-electron chi connectivity index (χ1n) is 9.30. The molecule has 2 heterocycles. The normalized spacial score (nSPS) is 10.9. The Hall–Kier alpha value is -3.16. The summed E-state index contributed by atoms with van der Waals surface area (Å²) in [5.74, 6) is -0.239. The molecule has 4 aromatic rings. The molecule has 0 bridgehead atoms. The minimum atomic E-state index is -0.274. The molecule has 6 nitrogen and oxygen atoms in total. The van der Waals surface area contributed by atoms with E-state index < -0.39 is 0 Å². The van der Waals surface area contributed by atoms with Gasteiger partial charge < -0.3 is 5.32 Å². The SMILES string of the molecule is Cc1ccccc1NC(=O)Cc1c(C)[nH]n(-c2nc(-c3ccc(Cl)cc3)cs2)c1=O. The first-order chi connectivity index (χ1) is 14.4. The zero-order valence-corrected chi connectivity index (χ0v) is 18.0. The van der Waals surface area contributed by atoms with Crippen LogP contribution in [0.1, 0.15) is 16.8 Å². The van der Waals surface area contributed by atoms with Gasteiger partial charge in [-0.1, -0.05) is 41.9 Å². The molecule has 2 N–H and O–H groups in total. The number of aromatic nitrogens is 3. The van der Waals surface area contributed by atoms with Gasteiger partial charge in [0.25, 0.3) is 5.56 Å². The van der Waals surface area contributed by atoms with Gasteiger partial charge in [0, 0.05) is 32.9 Å². The number of aromatic amines is 1. The lowest BCUT2D eigenvalue weighted by Gasteiger charge is -2.07. The van der Waals surface area contributed by atoms with Crippen LogP contribution < -0.4 is 10.9 Å². The number of benzene rings is 2. The topological polar surface area (TPSA) is 79.8 Å². The number of hydrogen-bond donors (Lipinski definition) is 2. The Morgan fingerprint density at radius 1 is 1.17 bits per heavy atom. The van der Waals surface area contributed by atoms with Gasteiger partial charge >= 0.3 is 0 Å². The number of thiazole rings is 1. The molecule has 0 radical (unpaired) electrons. The molecule has 0 spiro atoms. The molecule has 0 aliphatic heterocycles. The lowest BCUT2D eigenvalue weighted by atomic mass is 10.1. The van der Waals surface area contributed by atoms with Crippen molar-refractivity contribution in [3.05, 3.63) is 86.1 Å². The van der Waals surface area contributed by atoms with Gasteiger partial charge in [-0.15, -0.1) is 11.3 Å². The number of para-hydroxylation sites is 1. The highest BCUT2D eigenvalue weighted by Crippen LogP contribution is 2.25. The second-order valence-electron chi connectivity index (χ2n) is 6.92. The van der Waals surface area contributed by atoms with Crippen molar-refractivity contribution < 1.29 is 4.79 Å². The summed E-state index contributed by atoms with van der Waals surface area (Å²) < 4.78 is 1.38. The number of nitrogens with zero attached hydrogens (tertiary/aromatic N) is 2. The van der Waals surface area contributed by atoms with E-state index in [-0.39, 0.29) is 17.9 Å². The Kier molecular flexibility index (Phi) is 5.57. The molecular weight excluding hydrogens is 420 g/mol. The van der Waals surface area contributed by atoms with E-state index in [1.54, 1.807) is 19.1 Å². The van der Waals surface area contributed by atoms with Crippen molar-refractivity contribution in [2.75, 3.05) is 5.32 Å². The van der Waals surface area contributed by atoms with E-state index in [1.165, 1.54) is 16.0 Å². The van der Waals surface area contributed by atoms with E-state index >= 15 is 0 Å². The van der Waals surface area contributed by atoms with Crippen LogP contribution in [0.3, 0.4) is 0 Å². The number of anilines is 1. The van der Waals surface area contributed by atoms with Crippen molar-refractivity contribution >= 4 is 34.5 Å². The average Bonchev–Trinajstić information content (AvgIpc) is 3.31. The van der Waals surface area contributed by atoms with Gasteiger partial charge in [-0.3, -0.25) is 14.7 Å². The molecule has 1 amide bonds. The summed E-state index contributed by atoms with van der Waals surface area (Å²) in [6.07, 6.45) is -0.0160. The highest BCUT2D eigenvalue weighted by atomic mass is 35.5. The number of rotatable bonds is 5. The molecule has 152 valence electrons. The average molecular weight is 439 g/mol. The van der Waals surface area contributed by atoms with Crippen LogP contribution >= 0.6 is 22.9 Å². The Labute approximate surface area is 182 Å². The maximum Gasteiger partial charge on any atom is 0.277 e. The van der Waals surface area contributed by atoms with Crippen molar-refractivity contribution in [2.45, 2.75) is 20.3 Å². The monoisotopic (exact) mass is 438 g/mol. The predicted octanol–water partition coefficient (Wildman–Crippen LogP) is 4.74. The third kappa shape index (κ3) is 4.08. The van der Waals surface area contributed by atoms with E-state index in [4.69, 9.17) is 11.6 Å². The van der Waals surface area contributed by atoms with Gasteiger partial charge in [0.15, 0.2) is 0 Å². The number of nitrogens with one attached hydrogen (secondary N) is 2. The first kappa shape index (κ1) is 20.1. The number of H-pyrrole nitrogens is 1. The van der Waals surface area contributed by atoms with Crippen LogP contribution in [0.4, 0.5) is 5.69 Å².